The zero-order valence-corrected chi connectivity index (χ0v) is 15.2. The first-order valence-electron chi connectivity index (χ1n) is 9.65. The van der Waals surface area contributed by atoms with Crippen molar-refractivity contribution in [2.45, 2.75) is 51.4 Å². The Labute approximate surface area is 146 Å². The van der Waals surface area contributed by atoms with Gasteiger partial charge in [-0.3, -0.25) is 4.79 Å². The molecule has 2 saturated carbocycles. The van der Waals surface area contributed by atoms with Gasteiger partial charge >= 0.3 is 5.97 Å². The molecule has 0 N–H and O–H groups in total. The van der Waals surface area contributed by atoms with Crippen LogP contribution in [-0.2, 0) is 14.9 Å². The van der Waals surface area contributed by atoms with Gasteiger partial charge in [-0.2, -0.15) is 0 Å². The number of benzene rings is 1. The van der Waals surface area contributed by atoms with Crippen LogP contribution in [0.15, 0.2) is 30.3 Å². The zero-order valence-electron chi connectivity index (χ0n) is 15.2. The van der Waals surface area contributed by atoms with Crippen LogP contribution in [0.4, 0.5) is 0 Å². The lowest BCUT2D eigenvalue weighted by atomic mass is 9.68. The van der Waals surface area contributed by atoms with E-state index in [1.165, 1.54) is 24.8 Å². The molecule has 1 aromatic rings. The fourth-order valence-electron chi connectivity index (χ4n) is 4.91. The molecule has 3 rings (SSSR count). The summed E-state index contributed by atoms with van der Waals surface area (Å²) in [5.41, 5.74) is 0.797. The Balaban J connectivity index is 1.65. The largest absolute Gasteiger partial charge is 0.465 e. The van der Waals surface area contributed by atoms with E-state index in [2.05, 4.69) is 43.0 Å². The maximum absolute atomic E-state index is 13.1. The molecule has 0 heterocycles. The quantitative estimate of drug-likeness (QED) is 0.533. The van der Waals surface area contributed by atoms with Gasteiger partial charge < -0.3 is 9.64 Å². The average Bonchev–Trinajstić information content (AvgIpc) is 3.24. The topological polar surface area (TPSA) is 29.5 Å². The fourth-order valence-corrected chi connectivity index (χ4v) is 4.91. The van der Waals surface area contributed by atoms with E-state index in [-0.39, 0.29) is 11.4 Å². The Morgan fingerprint density at radius 1 is 1.21 bits per heavy atom. The average molecular weight is 329 g/mol. The normalized spacial score (nSPS) is 28.5. The van der Waals surface area contributed by atoms with Crippen molar-refractivity contribution >= 4 is 5.97 Å². The van der Waals surface area contributed by atoms with Crippen molar-refractivity contribution in [3.05, 3.63) is 35.9 Å². The number of esters is 1. The van der Waals surface area contributed by atoms with Crippen LogP contribution in [-0.4, -0.2) is 37.1 Å². The number of fused-ring (bicyclic) bond motifs is 2. The third-order valence-electron chi connectivity index (χ3n) is 6.25. The van der Waals surface area contributed by atoms with Gasteiger partial charge in [-0.25, -0.2) is 0 Å². The molecule has 3 nitrogen and oxygen atoms in total. The summed E-state index contributed by atoms with van der Waals surface area (Å²) >= 11 is 0. The van der Waals surface area contributed by atoms with Crippen molar-refractivity contribution < 1.29 is 9.53 Å². The molecule has 0 radical (unpaired) electrons. The van der Waals surface area contributed by atoms with E-state index >= 15 is 0 Å². The number of carbonyl (C=O) groups is 1. The molecule has 0 aliphatic heterocycles. The van der Waals surface area contributed by atoms with Crippen molar-refractivity contribution in [1.29, 1.82) is 0 Å². The van der Waals surface area contributed by atoms with Crippen LogP contribution in [0.3, 0.4) is 0 Å². The summed E-state index contributed by atoms with van der Waals surface area (Å²) in [5.74, 6) is 1.21. The smallest absolute Gasteiger partial charge is 0.316 e. The maximum Gasteiger partial charge on any atom is 0.316 e. The fraction of sp³-hybridized carbons (Fsp3) is 0.667. The molecule has 3 unspecified atom stereocenters. The lowest BCUT2D eigenvalue weighted by molar-refractivity contribution is -0.153. The molecule has 132 valence electrons. The lowest BCUT2D eigenvalue weighted by Crippen LogP contribution is -2.42. The number of ether oxygens (including phenoxy) is 1. The van der Waals surface area contributed by atoms with E-state index in [1.54, 1.807) is 0 Å². The van der Waals surface area contributed by atoms with Crippen LogP contribution in [0.25, 0.3) is 0 Å². The van der Waals surface area contributed by atoms with E-state index in [9.17, 15) is 4.79 Å². The second-order valence-corrected chi connectivity index (χ2v) is 7.43. The minimum absolute atomic E-state index is 0.0282. The van der Waals surface area contributed by atoms with Gasteiger partial charge in [0.25, 0.3) is 0 Å². The SMILES string of the molecule is CCN(CC)CCCOC(=O)C1(c2ccccc2)CC2CCC1C2. The molecule has 0 saturated heterocycles. The first kappa shape index (κ1) is 17.5. The maximum atomic E-state index is 13.1. The summed E-state index contributed by atoms with van der Waals surface area (Å²) in [5, 5.41) is 0. The van der Waals surface area contributed by atoms with E-state index in [0.717, 1.165) is 32.5 Å². The first-order chi connectivity index (χ1) is 11.7. The van der Waals surface area contributed by atoms with Gasteiger partial charge in [0.15, 0.2) is 0 Å². The monoisotopic (exact) mass is 329 g/mol. The third kappa shape index (κ3) is 3.23. The molecule has 1 aromatic carbocycles. The van der Waals surface area contributed by atoms with E-state index in [1.807, 2.05) is 6.07 Å². The molecule has 24 heavy (non-hydrogen) atoms. The molecular formula is C21H31NO2. The molecule has 3 atom stereocenters. The molecule has 2 aliphatic rings. The Bertz CT molecular complexity index is 540. The van der Waals surface area contributed by atoms with E-state index < -0.39 is 0 Å². The van der Waals surface area contributed by atoms with Gasteiger partial charge in [-0.15, -0.1) is 0 Å². The number of hydrogen-bond donors (Lipinski definition) is 0. The van der Waals surface area contributed by atoms with Crippen molar-refractivity contribution in [3.8, 4) is 0 Å². The highest BCUT2D eigenvalue weighted by atomic mass is 16.5. The van der Waals surface area contributed by atoms with Gasteiger partial charge in [0.1, 0.15) is 0 Å². The van der Waals surface area contributed by atoms with E-state index in [4.69, 9.17) is 4.74 Å². The second kappa shape index (κ2) is 7.69. The number of rotatable bonds is 8. The van der Waals surface area contributed by atoms with Crippen LogP contribution in [0, 0.1) is 11.8 Å². The Morgan fingerprint density at radius 3 is 2.54 bits per heavy atom. The van der Waals surface area contributed by atoms with Gasteiger partial charge in [-0.1, -0.05) is 50.6 Å². The van der Waals surface area contributed by atoms with Crippen molar-refractivity contribution in [1.82, 2.24) is 4.90 Å². The summed E-state index contributed by atoms with van der Waals surface area (Å²) in [6.45, 7) is 8.01. The van der Waals surface area contributed by atoms with Crippen LogP contribution >= 0.6 is 0 Å². The zero-order chi connectivity index (χ0) is 17.0. The Hall–Kier alpha value is -1.35. The Morgan fingerprint density at radius 2 is 1.96 bits per heavy atom. The third-order valence-corrected chi connectivity index (χ3v) is 6.25. The van der Waals surface area contributed by atoms with E-state index in [0.29, 0.717) is 18.4 Å². The summed E-state index contributed by atoms with van der Waals surface area (Å²) in [7, 11) is 0. The molecule has 0 aromatic heterocycles. The molecule has 2 bridgehead atoms. The van der Waals surface area contributed by atoms with Crippen LogP contribution in [0.2, 0.25) is 0 Å². The highest BCUT2D eigenvalue weighted by Crippen LogP contribution is 2.57. The summed E-state index contributed by atoms with van der Waals surface area (Å²) in [4.78, 5) is 15.5. The van der Waals surface area contributed by atoms with Gasteiger partial charge in [-0.05, 0) is 56.2 Å². The standard InChI is InChI=1S/C21H31NO2/c1-3-22(4-2)13-8-14-24-20(23)21(18-9-6-5-7-10-18)16-17-11-12-19(21)15-17/h5-7,9-10,17,19H,3-4,8,11-16H2,1-2H3. The molecule has 0 spiro atoms. The van der Waals surface area contributed by atoms with Crippen LogP contribution in [0.5, 0.6) is 0 Å². The Kier molecular flexibility index (Phi) is 5.60. The van der Waals surface area contributed by atoms with Crippen molar-refractivity contribution in [2.24, 2.45) is 11.8 Å². The predicted octanol–water partition coefficient (Wildman–Crippen LogP) is 4.02. The number of nitrogens with zero attached hydrogens (tertiary/aromatic N) is 1. The molecule has 0 amide bonds. The molecule has 3 heteroatoms. The number of carbonyl (C=O) groups excluding carboxylic acids is 1. The minimum Gasteiger partial charge on any atom is -0.465 e. The molecular weight excluding hydrogens is 298 g/mol. The van der Waals surface area contributed by atoms with Crippen LogP contribution < -0.4 is 0 Å². The first-order valence-corrected chi connectivity index (χ1v) is 9.65. The van der Waals surface area contributed by atoms with Gasteiger partial charge in [0, 0.05) is 6.54 Å². The summed E-state index contributed by atoms with van der Waals surface area (Å²) < 4.78 is 5.81. The second-order valence-electron chi connectivity index (χ2n) is 7.43. The summed E-state index contributed by atoms with van der Waals surface area (Å²) in [6, 6.07) is 10.4. The number of hydrogen-bond acceptors (Lipinski definition) is 3. The van der Waals surface area contributed by atoms with Crippen molar-refractivity contribution in [3.63, 3.8) is 0 Å². The molecule has 2 aliphatic carbocycles. The highest BCUT2D eigenvalue weighted by molar-refractivity contribution is 5.84. The summed E-state index contributed by atoms with van der Waals surface area (Å²) in [6.07, 6.45) is 5.56. The van der Waals surface area contributed by atoms with Gasteiger partial charge in [0.05, 0.1) is 12.0 Å². The minimum atomic E-state index is -0.376. The predicted molar refractivity (Wildman–Crippen MR) is 96.9 cm³/mol. The van der Waals surface area contributed by atoms with Crippen molar-refractivity contribution in [2.75, 3.05) is 26.2 Å². The van der Waals surface area contributed by atoms with Crippen LogP contribution in [0.1, 0.15) is 51.5 Å². The lowest BCUT2D eigenvalue weighted by Gasteiger charge is -2.36. The highest BCUT2D eigenvalue weighted by Gasteiger charge is 2.57. The molecule has 2 fully saturated rings. The van der Waals surface area contributed by atoms with Gasteiger partial charge in [0.2, 0.25) is 0 Å².